The van der Waals surface area contributed by atoms with E-state index in [1.54, 1.807) is 36.4 Å². The lowest BCUT2D eigenvalue weighted by Gasteiger charge is -2.32. The molecule has 0 radical (unpaired) electrons. The van der Waals surface area contributed by atoms with Gasteiger partial charge in [0.15, 0.2) is 0 Å². The van der Waals surface area contributed by atoms with Crippen molar-refractivity contribution >= 4 is 35.0 Å². The van der Waals surface area contributed by atoms with Crippen molar-refractivity contribution in [2.75, 3.05) is 0 Å². The van der Waals surface area contributed by atoms with Gasteiger partial charge >= 0.3 is 0 Å². The maximum Gasteiger partial charge on any atom is 0.243 e. The van der Waals surface area contributed by atoms with Gasteiger partial charge in [0.1, 0.15) is 11.9 Å². The highest BCUT2D eigenvalue weighted by Gasteiger charge is 2.31. The minimum absolute atomic E-state index is 0.0757. The molecule has 0 fully saturated rings. The summed E-state index contributed by atoms with van der Waals surface area (Å²) < 4.78 is 14.3. The van der Waals surface area contributed by atoms with E-state index in [4.69, 9.17) is 23.2 Å². The van der Waals surface area contributed by atoms with Gasteiger partial charge in [-0.05, 0) is 48.7 Å². The van der Waals surface area contributed by atoms with Crippen molar-refractivity contribution in [3.05, 3.63) is 105 Å². The Bertz CT molecular complexity index is 1140. The van der Waals surface area contributed by atoms with Crippen LogP contribution >= 0.6 is 23.2 Å². The van der Waals surface area contributed by atoms with E-state index < -0.39 is 11.9 Å². The molecular weight excluding hydrogens is 474 g/mol. The van der Waals surface area contributed by atoms with Crippen LogP contribution < -0.4 is 5.32 Å². The summed E-state index contributed by atoms with van der Waals surface area (Å²) >= 11 is 12.5. The number of rotatable bonds is 9. The molecule has 0 aliphatic rings. The molecule has 3 aromatic carbocycles. The van der Waals surface area contributed by atoms with E-state index in [9.17, 15) is 14.0 Å². The fourth-order valence-electron chi connectivity index (χ4n) is 3.67. The molecule has 0 aliphatic carbocycles. The summed E-state index contributed by atoms with van der Waals surface area (Å²) in [6.45, 7) is 3.80. The van der Waals surface area contributed by atoms with E-state index in [-0.39, 0.29) is 36.4 Å². The number of nitrogens with one attached hydrogen (secondary N) is 1. The van der Waals surface area contributed by atoms with Crippen LogP contribution in [0.2, 0.25) is 10.0 Å². The molecule has 2 amide bonds. The fourth-order valence-corrected chi connectivity index (χ4v) is 4.14. The molecule has 0 aromatic heterocycles. The first kappa shape index (κ1) is 25.7. The number of carbonyl (C=O) groups is 2. The van der Waals surface area contributed by atoms with Gasteiger partial charge in [-0.2, -0.15) is 0 Å². The maximum absolute atomic E-state index is 14.3. The highest BCUT2D eigenvalue weighted by Crippen LogP contribution is 2.25. The van der Waals surface area contributed by atoms with Crippen LogP contribution in [0, 0.1) is 5.82 Å². The molecule has 0 spiro atoms. The van der Waals surface area contributed by atoms with Crippen molar-refractivity contribution in [3.63, 3.8) is 0 Å². The van der Waals surface area contributed by atoms with Gasteiger partial charge in [-0.3, -0.25) is 9.59 Å². The molecule has 34 heavy (non-hydrogen) atoms. The molecule has 0 saturated carbocycles. The van der Waals surface area contributed by atoms with Gasteiger partial charge in [-0.25, -0.2) is 4.39 Å². The number of nitrogens with zero attached hydrogens (tertiary/aromatic N) is 1. The van der Waals surface area contributed by atoms with Crippen molar-refractivity contribution in [2.45, 2.75) is 45.3 Å². The van der Waals surface area contributed by atoms with Crippen LogP contribution in [-0.4, -0.2) is 28.8 Å². The molecule has 3 rings (SSSR count). The Balaban J connectivity index is 2.01. The highest BCUT2D eigenvalue weighted by molar-refractivity contribution is 6.35. The largest absolute Gasteiger partial charge is 0.352 e. The third kappa shape index (κ3) is 7.05. The summed E-state index contributed by atoms with van der Waals surface area (Å²) in [6, 6.07) is 19.7. The first-order valence-electron chi connectivity index (χ1n) is 11.1. The second-order valence-corrected chi connectivity index (χ2v) is 9.24. The second-order valence-electron chi connectivity index (χ2n) is 8.39. The van der Waals surface area contributed by atoms with Crippen molar-refractivity contribution in [3.8, 4) is 0 Å². The Morgan fingerprint density at radius 3 is 2.26 bits per heavy atom. The van der Waals surface area contributed by atoms with Crippen molar-refractivity contribution in [2.24, 2.45) is 0 Å². The Kier molecular flexibility index (Phi) is 9.08. The van der Waals surface area contributed by atoms with E-state index in [0.717, 1.165) is 5.56 Å². The fraction of sp³-hybridized carbons (Fsp3) is 0.259. The average molecular weight is 501 g/mol. The number of hydrogen-bond donors (Lipinski definition) is 1. The molecule has 178 valence electrons. The van der Waals surface area contributed by atoms with Crippen LogP contribution in [0.1, 0.15) is 30.5 Å². The SMILES string of the molecule is CC(C)NC(=O)[C@@H](Cc1ccccc1)N(Cc1ccc(Cl)cc1Cl)C(=O)Cc1ccccc1F. The van der Waals surface area contributed by atoms with Gasteiger partial charge in [0.25, 0.3) is 0 Å². The molecule has 3 aromatic rings. The molecule has 0 bridgehead atoms. The predicted molar refractivity (Wildman–Crippen MR) is 134 cm³/mol. The number of hydrogen-bond acceptors (Lipinski definition) is 2. The third-order valence-corrected chi connectivity index (χ3v) is 5.94. The summed E-state index contributed by atoms with van der Waals surface area (Å²) in [7, 11) is 0. The van der Waals surface area contributed by atoms with Crippen LogP contribution in [0.5, 0.6) is 0 Å². The normalized spacial score (nSPS) is 11.8. The lowest BCUT2D eigenvalue weighted by Crippen LogP contribution is -2.52. The van der Waals surface area contributed by atoms with E-state index in [1.807, 2.05) is 44.2 Å². The van der Waals surface area contributed by atoms with E-state index in [0.29, 0.717) is 22.0 Å². The van der Waals surface area contributed by atoms with Crippen LogP contribution in [0.25, 0.3) is 0 Å². The van der Waals surface area contributed by atoms with Crippen molar-refractivity contribution in [1.82, 2.24) is 10.2 Å². The monoisotopic (exact) mass is 500 g/mol. The molecule has 0 heterocycles. The van der Waals surface area contributed by atoms with Gasteiger partial charge in [-0.1, -0.05) is 77.8 Å². The van der Waals surface area contributed by atoms with E-state index in [2.05, 4.69) is 5.32 Å². The zero-order chi connectivity index (χ0) is 24.7. The first-order chi connectivity index (χ1) is 16.2. The molecule has 0 saturated heterocycles. The minimum Gasteiger partial charge on any atom is -0.352 e. The number of amides is 2. The Morgan fingerprint density at radius 1 is 0.941 bits per heavy atom. The molecule has 4 nitrogen and oxygen atoms in total. The van der Waals surface area contributed by atoms with Gasteiger partial charge in [0.05, 0.1) is 6.42 Å². The van der Waals surface area contributed by atoms with Crippen LogP contribution in [0.4, 0.5) is 4.39 Å². The van der Waals surface area contributed by atoms with Gasteiger partial charge in [0, 0.05) is 29.1 Å². The lowest BCUT2D eigenvalue weighted by atomic mass is 10.0. The topological polar surface area (TPSA) is 49.4 Å². The van der Waals surface area contributed by atoms with Crippen LogP contribution in [0.3, 0.4) is 0 Å². The van der Waals surface area contributed by atoms with E-state index >= 15 is 0 Å². The Morgan fingerprint density at radius 2 is 1.62 bits per heavy atom. The van der Waals surface area contributed by atoms with Crippen molar-refractivity contribution < 1.29 is 14.0 Å². The summed E-state index contributed by atoms with van der Waals surface area (Å²) in [5.41, 5.74) is 1.81. The van der Waals surface area contributed by atoms with Gasteiger partial charge < -0.3 is 10.2 Å². The zero-order valence-electron chi connectivity index (χ0n) is 19.1. The summed E-state index contributed by atoms with van der Waals surface area (Å²) in [6.07, 6.45) is 0.117. The summed E-state index contributed by atoms with van der Waals surface area (Å²) in [5, 5.41) is 3.78. The number of benzene rings is 3. The van der Waals surface area contributed by atoms with Crippen LogP contribution in [0.15, 0.2) is 72.8 Å². The van der Waals surface area contributed by atoms with Gasteiger partial charge in [0.2, 0.25) is 11.8 Å². The average Bonchev–Trinajstić information content (AvgIpc) is 2.79. The predicted octanol–water partition coefficient (Wildman–Crippen LogP) is 5.84. The summed E-state index contributed by atoms with van der Waals surface area (Å²) in [4.78, 5) is 28.4. The molecule has 7 heteroatoms. The standard InChI is InChI=1S/C27H27Cl2FN2O2/c1-18(2)31-27(34)25(14-19-8-4-3-5-9-19)32(17-21-12-13-22(28)16-23(21)29)26(33)15-20-10-6-7-11-24(20)30/h3-13,16,18,25H,14-15,17H2,1-2H3,(H,31,34)/t25-/m1/s1. The zero-order valence-corrected chi connectivity index (χ0v) is 20.6. The maximum atomic E-state index is 14.3. The number of halogens is 3. The molecule has 1 N–H and O–H groups in total. The lowest BCUT2D eigenvalue weighted by molar-refractivity contribution is -0.141. The highest BCUT2D eigenvalue weighted by atomic mass is 35.5. The third-order valence-electron chi connectivity index (χ3n) is 5.36. The first-order valence-corrected chi connectivity index (χ1v) is 11.8. The molecule has 1 atom stereocenters. The smallest absolute Gasteiger partial charge is 0.243 e. The Hall–Kier alpha value is -2.89. The molecule has 0 aliphatic heterocycles. The number of carbonyl (C=O) groups excluding carboxylic acids is 2. The van der Waals surface area contributed by atoms with E-state index in [1.165, 1.54) is 11.0 Å². The summed E-state index contributed by atoms with van der Waals surface area (Å²) in [5.74, 6) is -1.13. The minimum atomic E-state index is -0.823. The van der Waals surface area contributed by atoms with Crippen molar-refractivity contribution in [1.29, 1.82) is 0 Å². The molecule has 0 unspecified atom stereocenters. The Labute approximate surface area is 209 Å². The second kappa shape index (κ2) is 12.0. The quantitative estimate of drug-likeness (QED) is 0.401. The van der Waals surface area contributed by atoms with Crippen LogP contribution in [-0.2, 0) is 29.0 Å². The van der Waals surface area contributed by atoms with Gasteiger partial charge in [-0.15, -0.1) is 0 Å². The molecular formula is C27H27Cl2FN2O2.